The molecule has 1 aliphatic rings. The van der Waals surface area contributed by atoms with E-state index in [1.165, 1.54) is 16.0 Å². The summed E-state index contributed by atoms with van der Waals surface area (Å²) in [5.41, 5.74) is 3.50. The third-order valence-corrected chi connectivity index (χ3v) is 4.32. The quantitative estimate of drug-likeness (QED) is 0.839. The molecule has 0 spiro atoms. The van der Waals surface area contributed by atoms with Crippen molar-refractivity contribution in [2.75, 3.05) is 7.05 Å². The van der Waals surface area contributed by atoms with Crippen molar-refractivity contribution in [2.24, 2.45) is 0 Å². The molecule has 0 aliphatic carbocycles. The lowest BCUT2D eigenvalue weighted by Gasteiger charge is -2.41. The first-order chi connectivity index (χ1) is 10.7. The molecular weight excluding hydrogens is 296 g/mol. The minimum Gasteiger partial charge on any atom is -0.483 e. The fraction of sp³-hybridized carbons (Fsp3) is 0.471. The highest BCUT2D eigenvalue weighted by Gasteiger charge is 2.39. The molecule has 6 nitrogen and oxygen atoms in total. The van der Waals surface area contributed by atoms with Crippen molar-refractivity contribution < 1.29 is 19.5 Å². The Labute approximate surface area is 136 Å². The molecule has 1 aromatic rings. The van der Waals surface area contributed by atoms with Crippen LogP contribution in [0.4, 0.5) is 0 Å². The molecule has 2 amide bonds. The molecule has 0 bridgehead atoms. The highest BCUT2D eigenvalue weighted by Crippen LogP contribution is 2.20. The standard InChI is InChI=1S/C16H22N2O2.CH2O2/c1-10-6-7-14(8-11(10)2)9-18-13(4)15(19)17(5)12(3)16(18)20;2-1-3/h6-8,12-13H,9H2,1-5H3;1H,(H,2,3)/t12-,13-;/m0./s1. The first kappa shape index (κ1) is 18.7. The minimum absolute atomic E-state index is 0.000864. The molecule has 1 aromatic carbocycles. The van der Waals surface area contributed by atoms with Crippen LogP contribution in [0.5, 0.6) is 0 Å². The van der Waals surface area contributed by atoms with Gasteiger partial charge in [-0.05, 0) is 44.4 Å². The van der Waals surface area contributed by atoms with Gasteiger partial charge >= 0.3 is 0 Å². The van der Waals surface area contributed by atoms with Gasteiger partial charge in [-0.25, -0.2) is 0 Å². The number of aryl methyl sites for hydroxylation is 2. The van der Waals surface area contributed by atoms with Crippen molar-refractivity contribution >= 4 is 18.3 Å². The second-order valence-electron chi connectivity index (χ2n) is 5.79. The maximum Gasteiger partial charge on any atom is 0.290 e. The Bertz CT molecular complexity index is 600. The number of carbonyl (C=O) groups is 3. The zero-order chi connectivity index (χ0) is 17.7. The number of hydrogen-bond acceptors (Lipinski definition) is 3. The number of rotatable bonds is 2. The van der Waals surface area contributed by atoms with Gasteiger partial charge in [-0.3, -0.25) is 14.4 Å². The topological polar surface area (TPSA) is 77.9 Å². The van der Waals surface area contributed by atoms with E-state index in [4.69, 9.17) is 9.90 Å². The van der Waals surface area contributed by atoms with Gasteiger partial charge in [-0.1, -0.05) is 18.2 Å². The first-order valence-electron chi connectivity index (χ1n) is 7.45. The number of amides is 2. The normalized spacial score (nSPS) is 20.9. The summed E-state index contributed by atoms with van der Waals surface area (Å²) in [6, 6.07) is 5.38. The first-order valence-corrected chi connectivity index (χ1v) is 7.45. The Balaban J connectivity index is 0.000000816. The van der Waals surface area contributed by atoms with Crippen LogP contribution < -0.4 is 0 Å². The van der Waals surface area contributed by atoms with Gasteiger partial charge in [-0.2, -0.15) is 0 Å². The molecule has 0 unspecified atom stereocenters. The lowest BCUT2D eigenvalue weighted by molar-refractivity contribution is -0.159. The molecule has 0 radical (unpaired) electrons. The van der Waals surface area contributed by atoms with Crippen LogP contribution in [-0.4, -0.2) is 52.3 Å². The molecule has 0 saturated carbocycles. The van der Waals surface area contributed by atoms with E-state index in [0.29, 0.717) is 6.54 Å². The molecule has 126 valence electrons. The van der Waals surface area contributed by atoms with Crippen LogP contribution in [0.15, 0.2) is 18.2 Å². The average Bonchev–Trinajstić information content (AvgIpc) is 2.52. The van der Waals surface area contributed by atoms with Gasteiger partial charge in [0.15, 0.2) is 0 Å². The minimum atomic E-state index is -0.398. The summed E-state index contributed by atoms with van der Waals surface area (Å²) >= 11 is 0. The van der Waals surface area contributed by atoms with Crippen molar-refractivity contribution in [1.29, 1.82) is 0 Å². The maximum absolute atomic E-state index is 12.4. The van der Waals surface area contributed by atoms with Crippen molar-refractivity contribution in [3.05, 3.63) is 34.9 Å². The predicted molar refractivity (Wildman–Crippen MR) is 86.9 cm³/mol. The molecule has 2 rings (SSSR count). The lowest BCUT2D eigenvalue weighted by Crippen LogP contribution is -2.61. The predicted octanol–water partition coefficient (Wildman–Crippen LogP) is 1.58. The molecule has 2 atom stereocenters. The van der Waals surface area contributed by atoms with Gasteiger partial charge in [0.25, 0.3) is 6.47 Å². The summed E-state index contributed by atoms with van der Waals surface area (Å²) in [7, 11) is 1.69. The van der Waals surface area contributed by atoms with Crippen molar-refractivity contribution in [3.8, 4) is 0 Å². The van der Waals surface area contributed by atoms with Crippen LogP contribution in [-0.2, 0) is 20.9 Å². The van der Waals surface area contributed by atoms with Gasteiger partial charge < -0.3 is 14.9 Å². The van der Waals surface area contributed by atoms with Crippen LogP contribution in [0.1, 0.15) is 30.5 Å². The van der Waals surface area contributed by atoms with Crippen LogP contribution >= 0.6 is 0 Å². The summed E-state index contributed by atoms with van der Waals surface area (Å²) < 4.78 is 0. The van der Waals surface area contributed by atoms with E-state index in [9.17, 15) is 9.59 Å². The highest BCUT2D eigenvalue weighted by atomic mass is 16.3. The summed E-state index contributed by atoms with van der Waals surface area (Å²) in [5, 5.41) is 6.89. The van der Waals surface area contributed by atoms with E-state index in [2.05, 4.69) is 26.0 Å². The summed E-state index contributed by atoms with van der Waals surface area (Å²) in [4.78, 5) is 36.1. The van der Waals surface area contributed by atoms with Crippen molar-refractivity contribution in [2.45, 2.75) is 46.3 Å². The number of carbonyl (C=O) groups excluding carboxylic acids is 2. The smallest absolute Gasteiger partial charge is 0.290 e. The summed E-state index contributed by atoms with van der Waals surface area (Å²) in [6.07, 6.45) is 0. The average molecular weight is 320 g/mol. The number of hydrogen-bond donors (Lipinski definition) is 1. The van der Waals surface area contributed by atoms with E-state index in [1.54, 1.807) is 25.8 Å². The monoisotopic (exact) mass is 320 g/mol. The second kappa shape index (κ2) is 7.76. The zero-order valence-electron chi connectivity index (χ0n) is 14.2. The van der Waals surface area contributed by atoms with Crippen molar-refractivity contribution in [3.63, 3.8) is 0 Å². The van der Waals surface area contributed by atoms with Crippen LogP contribution in [0, 0.1) is 13.8 Å². The number of nitrogens with zero attached hydrogens (tertiary/aromatic N) is 2. The number of likely N-dealkylation sites (N-methyl/N-ethyl adjacent to an activating group) is 1. The Morgan fingerprint density at radius 2 is 1.65 bits per heavy atom. The van der Waals surface area contributed by atoms with Gasteiger partial charge in [0.2, 0.25) is 11.8 Å². The van der Waals surface area contributed by atoms with E-state index < -0.39 is 6.04 Å². The Hall–Kier alpha value is -2.37. The fourth-order valence-corrected chi connectivity index (χ4v) is 2.53. The Morgan fingerprint density at radius 1 is 1.09 bits per heavy atom. The third kappa shape index (κ3) is 4.09. The highest BCUT2D eigenvalue weighted by molar-refractivity contribution is 5.96. The molecule has 1 aliphatic heterocycles. The lowest BCUT2D eigenvalue weighted by atomic mass is 10.0. The Morgan fingerprint density at radius 3 is 2.17 bits per heavy atom. The third-order valence-electron chi connectivity index (χ3n) is 4.32. The van der Waals surface area contributed by atoms with Crippen LogP contribution in [0.25, 0.3) is 0 Å². The fourth-order valence-electron chi connectivity index (χ4n) is 2.53. The maximum atomic E-state index is 12.4. The summed E-state index contributed by atoms with van der Waals surface area (Å²) in [6.45, 7) is 7.93. The second-order valence-corrected chi connectivity index (χ2v) is 5.79. The van der Waals surface area contributed by atoms with E-state index in [-0.39, 0.29) is 24.3 Å². The van der Waals surface area contributed by atoms with E-state index in [0.717, 1.165) is 5.56 Å². The van der Waals surface area contributed by atoms with Gasteiger partial charge in [0.05, 0.1) is 0 Å². The van der Waals surface area contributed by atoms with Gasteiger partial charge in [0, 0.05) is 13.6 Å². The SMILES string of the molecule is Cc1ccc(CN2C(=O)[C@H](C)N(C)C(=O)[C@@H]2C)cc1C.O=CO. The molecule has 23 heavy (non-hydrogen) atoms. The molecule has 1 N–H and O–H groups in total. The largest absolute Gasteiger partial charge is 0.483 e. The van der Waals surface area contributed by atoms with Crippen LogP contribution in [0.2, 0.25) is 0 Å². The number of piperazine rings is 1. The molecule has 0 aromatic heterocycles. The number of carboxylic acid groups (broad SMARTS) is 1. The molecule has 1 saturated heterocycles. The number of benzene rings is 1. The van der Waals surface area contributed by atoms with Gasteiger partial charge in [0.1, 0.15) is 12.1 Å². The molecule has 1 fully saturated rings. The Kier molecular flexibility index (Phi) is 6.30. The van der Waals surface area contributed by atoms with Gasteiger partial charge in [-0.15, -0.1) is 0 Å². The summed E-state index contributed by atoms with van der Waals surface area (Å²) in [5.74, 6) is 0.0127. The molecule has 6 heteroatoms. The molecular formula is C17H24N2O4. The van der Waals surface area contributed by atoms with Crippen molar-refractivity contribution in [1.82, 2.24) is 9.80 Å². The molecule has 1 heterocycles. The van der Waals surface area contributed by atoms with E-state index in [1.807, 2.05) is 6.07 Å². The van der Waals surface area contributed by atoms with E-state index >= 15 is 0 Å². The van der Waals surface area contributed by atoms with Crippen LogP contribution in [0.3, 0.4) is 0 Å². The zero-order valence-corrected chi connectivity index (χ0v) is 14.2.